The van der Waals surface area contributed by atoms with Crippen molar-refractivity contribution >= 4 is 12.1 Å². The lowest BCUT2D eigenvalue weighted by molar-refractivity contribution is -0.146. The van der Waals surface area contributed by atoms with E-state index in [2.05, 4.69) is 10.2 Å². The molecule has 7 heteroatoms. The number of alkyl carbamates (subject to hydrolysis) is 1. The van der Waals surface area contributed by atoms with Crippen LogP contribution in [0.1, 0.15) is 27.7 Å². The van der Waals surface area contributed by atoms with Crippen LogP contribution in [0.4, 0.5) is 4.79 Å². The Morgan fingerprint density at radius 3 is 2.48 bits per heavy atom. The number of amides is 1. The zero-order valence-corrected chi connectivity index (χ0v) is 13.3. The Labute approximate surface area is 125 Å². The second-order valence-electron chi connectivity index (χ2n) is 5.99. The average Bonchev–Trinajstić information content (AvgIpc) is 2.37. The highest BCUT2D eigenvalue weighted by Gasteiger charge is 2.22. The minimum absolute atomic E-state index is 0.305. The van der Waals surface area contributed by atoms with E-state index in [9.17, 15) is 9.59 Å². The Morgan fingerprint density at radius 1 is 1.29 bits per heavy atom. The maximum Gasteiger partial charge on any atom is 0.408 e. The third-order valence-electron chi connectivity index (χ3n) is 2.84. The summed E-state index contributed by atoms with van der Waals surface area (Å²) in [6.45, 7) is 11.0. The predicted octanol–water partition coefficient (Wildman–Crippen LogP) is 0.775. The Kier molecular flexibility index (Phi) is 6.91. The van der Waals surface area contributed by atoms with E-state index in [1.54, 1.807) is 27.7 Å². The first kappa shape index (κ1) is 17.7. The first-order chi connectivity index (χ1) is 9.78. The van der Waals surface area contributed by atoms with Crippen LogP contribution in [-0.2, 0) is 19.0 Å². The summed E-state index contributed by atoms with van der Waals surface area (Å²) in [6, 6.07) is -0.732. The molecule has 1 rings (SSSR count). The van der Waals surface area contributed by atoms with E-state index in [0.717, 1.165) is 13.1 Å². The summed E-state index contributed by atoms with van der Waals surface area (Å²) >= 11 is 0. The van der Waals surface area contributed by atoms with Gasteiger partial charge >= 0.3 is 12.1 Å². The topological polar surface area (TPSA) is 77.1 Å². The van der Waals surface area contributed by atoms with Crippen LogP contribution in [-0.4, -0.2) is 68.1 Å². The van der Waals surface area contributed by atoms with Crippen molar-refractivity contribution in [3.8, 4) is 0 Å². The van der Waals surface area contributed by atoms with Crippen molar-refractivity contribution in [2.75, 3.05) is 39.5 Å². The highest BCUT2D eigenvalue weighted by molar-refractivity contribution is 5.80. The lowest BCUT2D eigenvalue weighted by Gasteiger charge is -2.26. The average molecular weight is 302 g/mol. The van der Waals surface area contributed by atoms with Crippen molar-refractivity contribution < 1.29 is 23.8 Å². The maximum atomic E-state index is 11.8. The van der Waals surface area contributed by atoms with E-state index in [1.165, 1.54) is 0 Å². The van der Waals surface area contributed by atoms with Gasteiger partial charge in [-0.3, -0.25) is 4.90 Å². The number of morpholine rings is 1. The van der Waals surface area contributed by atoms with Crippen LogP contribution in [0.15, 0.2) is 0 Å². The number of carbonyl (C=O) groups excluding carboxylic acids is 2. The smallest absolute Gasteiger partial charge is 0.408 e. The first-order valence-electron chi connectivity index (χ1n) is 7.24. The fraction of sp³-hybridized carbons (Fsp3) is 0.857. The summed E-state index contributed by atoms with van der Waals surface area (Å²) in [5.41, 5.74) is -0.593. The second kappa shape index (κ2) is 8.19. The monoisotopic (exact) mass is 302 g/mol. The molecule has 0 aromatic rings. The molecule has 122 valence electrons. The van der Waals surface area contributed by atoms with Gasteiger partial charge in [0.2, 0.25) is 0 Å². The van der Waals surface area contributed by atoms with Gasteiger partial charge in [-0.15, -0.1) is 0 Å². The molecule has 1 heterocycles. The Hall–Kier alpha value is -1.34. The molecule has 7 nitrogen and oxygen atoms in total. The third kappa shape index (κ3) is 7.87. The van der Waals surface area contributed by atoms with Gasteiger partial charge in [-0.1, -0.05) is 0 Å². The van der Waals surface area contributed by atoms with E-state index in [0.29, 0.717) is 26.4 Å². The van der Waals surface area contributed by atoms with Crippen molar-refractivity contribution in [3.05, 3.63) is 0 Å². The molecule has 0 aromatic heterocycles. The van der Waals surface area contributed by atoms with Crippen molar-refractivity contribution in [1.82, 2.24) is 10.2 Å². The number of nitrogens with zero attached hydrogens (tertiary/aromatic N) is 1. The van der Waals surface area contributed by atoms with Gasteiger partial charge in [-0.25, -0.2) is 9.59 Å². The molecule has 21 heavy (non-hydrogen) atoms. The predicted molar refractivity (Wildman–Crippen MR) is 77.0 cm³/mol. The number of nitrogens with one attached hydrogen (secondary N) is 1. The summed E-state index contributed by atoms with van der Waals surface area (Å²) in [7, 11) is 0. The van der Waals surface area contributed by atoms with Crippen LogP contribution in [0.2, 0.25) is 0 Å². The van der Waals surface area contributed by atoms with E-state index in [1.807, 2.05) is 0 Å². The zero-order chi connectivity index (χ0) is 15.9. The molecule has 1 saturated heterocycles. The van der Waals surface area contributed by atoms with E-state index >= 15 is 0 Å². The minimum atomic E-state index is -0.732. The number of carbonyl (C=O) groups is 2. The molecule has 0 unspecified atom stereocenters. The molecule has 0 radical (unpaired) electrons. The second-order valence-corrected chi connectivity index (χ2v) is 5.99. The molecule has 0 bridgehead atoms. The van der Waals surface area contributed by atoms with Crippen molar-refractivity contribution in [2.45, 2.75) is 39.3 Å². The van der Waals surface area contributed by atoms with E-state index < -0.39 is 23.7 Å². The maximum absolute atomic E-state index is 11.8. The standard InChI is InChI=1S/C14H26N2O5/c1-11(15-13(18)21-14(2,3)4)12(17)20-10-7-16-5-8-19-9-6-16/h11H,5-10H2,1-4H3,(H,15,18)/t11-/m0/s1. The number of ether oxygens (including phenoxy) is 3. The van der Waals surface area contributed by atoms with Crippen LogP contribution in [0.3, 0.4) is 0 Å². The lowest BCUT2D eigenvalue weighted by atomic mass is 10.2. The summed E-state index contributed by atoms with van der Waals surface area (Å²) in [5.74, 6) is -0.464. The van der Waals surface area contributed by atoms with Crippen molar-refractivity contribution in [1.29, 1.82) is 0 Å². The number of rotatable bonds is 5. The molecule has 1 atom stereocenters. The Balaban J connectivity index is 2.19. The van der Waals surface area contributed by atoms with Crippen molar-refractivity contribution in [3.63, 3.8) is 0 Å². The van der Waals surface area contributed by atoms with Gasteiger partial charge in [-0.2, -0.15) is 0 Å². The molecular weight excluding hydrogens is 276 g/mol. The van der Waals surface area contributed by atoms with Crippen LogP contribution in [0.5, 0.6) is 0 Å². The molecule has 0 saturated carbocycles. The molecule has 1 N–H and O–H groups in total. The van der Waals surface area contributed by atoms with Crippen molar-refractivity contribution in [2.24, 2.45) is 0 Å². The SMILES string of the molecule is C[C@H](NC(=O)OC(C)(C)C)C(=O)OCCN1CCOCC1. The Morgan fingerprint density at radius 2 is 1.90 bits per heavy atom. The fourth-order valence-electron chi connectivity index (χ4n) is 1.77. The molecule has 1 amide bonds. The zero-order valence-electron chi connectivity index (χ0n) is 13.3. The molecule has 0 aromatic carbocycles. The van der Waals surface area contributed by atoms with Gasteiger partial charge < -0.3 is 19.5 Å². The van der Waals surface area contributed by atoms with Gasteiger partial charge in [0.1, 0.15) is 18.2 Å². The Bertz CT molecular complexity index is 348. The summed E-state index contributed by atoms with van der Waals surface area (Å²) in [5, 5.41) is 2.46. The normalized spacial score (nSPS) is 17.9. The molecular formula is C14H26N2O5. The quantitative estimate of drug-likeness (QED) is 0.756. The highest BCUT2D eigenvalue weighted by atomic mass is 16.6. The number of esters is 1. The van der Waals surface area contributed by atoms with Crippen LogP contribution in [0, 0.1) is 0 Å². The molecule has 1 aliphatic heterocycles. The van der Waals surface area contributed by atoms with Gasteiger partial charge in [0, 0.05) is 19.6 Å². The largest absolute Gasteiger partial charge is 0.463 e. The van der Waals surface area contributed by atoms with Crippen LogP contribution < -0.4 is 5.32 Å². The first-order valence-corrected chi connectivity index (χ1v) is 7.24. The van der Waals surface area contributed by atoms with E-state index in [-0.39, 0.29) is 0 Å². The summed E-state index contributed by atoms with van der Waals surface area (Å²) in [6.07, 6.45) is -0.625. The van der Waals surface area contributed by atoms with Crippen LogP contribution >= 0.6 is 0 Å². The molecule has 0 aliphatic carbocycles. The number of hydrogen-bond donors (Lipinski definition) is 1. The lowest BCUT2D eigenvalue weighted by Crippen LogP contribution is -2.43. The highest BCUT2D eigenvalue weighted by Crippen LogP contribution is 2.06. The van der Waals surface area contributed by atoms with Gasteiger partial charge in [0.05, 0.1) is 13.2 Å². The van der Waals surface area contributed by atoms with Gasteiger partial charge in [0.25, 0.3) is 0 Å². The number of hydrogen-bond acceptors (Lipinski definition) is 6. The molecule has 1 fully saturated rings. The summed E-state index contributed by atoms with van der Waals surface area (Å²) in [4.78, 5) is 25.5. The molecule has 1 aliphatic rings. The fourth-order valence-corrected chi connectivity index (χ4v) is 1.77. The van der Waals surface area contributed by atoms with Crippen LogP contribution in [0.25, 0.3) is 0 Å². The third-order valence-corrected chi connectivity index (χ3v) is 2.84. The van der Waals surface area contributed by atoms with E-state index in [4.69, 9.17) is 14.2 Å². The van der Waals surface area contributed by atoms with Gasteiger partial charge in [0.15, 0.2) is 0 Å². The summed E-state index contributed by atoms with van der Waals surface area (Å²) < 4.78 is 15.5. The van der Waals surface area contributed by atoms with Gasteiger partial charge in [-0.05, 0) is 27.7 Å². The minimum Gasteiger partial charge on any atom is -0.463 e. The molecule has 0 spiro atoms.